The Labute approximate surface area is 77.7 Å². The van der Waals surface area contributed by atoms with Gasteiger partial charge in [0.2, 0.25) is 0 Å². The molecule has 0 atom stereocenters. The number of hydrogen-bond acceptors (Lipinski definition) is 3. The van der Waals surface area contributed by atoms with E-state index in [4.69, 9.17) is 5.26 Å². The van der Waals surface area contributed by atoms with Crippen molar-refractivity contribution in [3.05, 3.63) is 35.7 Å². The molecule has 0 radical (unpaired) electrons. The summed E-state index contributed by atoms with van der Waals surface area (Å²) in [6, 6.07) is 5.55. The monoisotopic (exact) mass is 173 g/mol. The summed E-state index contributed by atoms with van der Waals surface area (Å²) in [5.74, 6) is 0. The van der Waals surface area contributed by atoms with Crippen molar-refractivity contribution in [2.45, 2.75) is 0 Å². The van der Waals surface area contributed by atoms with Gasteiger partial charge in [0, 0.05) is 12.7 Å². The van der Waals surface area contributed by atoms with E-state index in [1.165, 1.54) is 0 Å². The molecule has 0 unspecified atom stereocenters. The lowest BCUT2D eigenvalue weighted by Gasteiger charge is -1.92. The maximum atomic E-state index is 8.50. The molecule has 0 aliphatic rings. The number of pyridine rings is 1. The summed E-state index contributed by atoms with van der Waals surface area (Å²) in [5.41, 5.74) is 1.46. The van der Waals surface area contributed by atoms with Crippen LogP contribution in [0.1, 0.15) is 11.3 Å². The van der Waals surface area contributed by atoms with Crippen molar-refractivity contribution in [2.24, 2.45) is 0 Å². The van der Waals surface area contributed by atoms with E-state index < -0.39 is 0 Å². The molecule has 3 nitrogen and oxygen atoms in total. The normalized spacial score (nSPS) is 10.2. The Hall–Kier alpha value is -1.66. The van der Waals surface area contributed by atoms with Crippen molar-refractivity contribution in [1.29, 1.82) is 5.26 Å². The van der Waals surface area contributed by atoms with Crippen molar-refractivity contribution in [1.82, 2.24) is 10.3 Å². The van der Waals surface area contributed by atoms with Crippen LogP contribution >= 0.6 is 0 Å². The SMILES string of the molecule is CNCC=Cc1ccc(C#N)nc1. The standard InChI is InChI=1S/C10H11N3/c1-12-6-2-3-9-4-5-10(7-11)13-8-9/h2-5,8,12H,6H2,1H3. The highest BCUT2D eigenvalue weighted by Gasteiger charge is 1.89. The van der Waals surface area contributed by atoms with Gasteiger partial charge in [-0.25, -0.2) is 4.98 Å². The first-order chi connectivity index (χ1) is 6.36. The van der Waals surface area contributed by atoms with Gasteiger partial charge in [0.05, 0.1) is 0 Å². The molecule has 0 aromatic carbocycles. The molecular weight excluding hydrogens is 162 g/mol. The topological polar surface area (TPSA) is 48.7 Å². The van der Waals surface area contributed by atoms with Gasteiger partial charge in [-0.3, -0.25) is 0 Å². The van der Waals surface area contributed by atoms with Gasteiger partial charge in [0.25, 0.3) is 0 Å². The second kappa shape index (κ2) is 5.07. The molecule has 0 aliphatic carbocycles. The molecule has 1 N–H and O–H groups in total. The van der Waals surface area contributed by atoms with E-state index in [0.717, 1.165) is 12.1 Å². The largest absolute Gasteiger partial charge is 0.316 e. The minimum absolute atomic E-state index is 0.450. The number of nitrogens with zero attached hydrogens (tertiary/aromatic N) is 2. The lowest BCUT2D eigenvalue weighted by Crippen LogP contribution is -2.03. The van der Waals surface area contributed by atoms with Gasteiger partial charge >= 0.3 is 0 Å². The summed E-state index contributed by atoms with van der Waals surface area (Å²) < 4.78 is 0. The summed E-state index contributed by atoms with van der Waals surface area (Å²) in [6.07, 6.45) is 5.65. The lowest BCUT2D eigenvalue weighted by molar-refractivity contribution is 0.922. The number of nitriles is 1. The zero-order valence-electron chi connectivity index (χ0n) is 7.49. The Morgan fingerprint density at radius 3 is 3.00 bits per heavy atom. The van der Waals surface area contributed by atoms with Crippen LogP contribution in [-0.4, -0.2) is 18.6 Å². The molecule has 0 saturated carbocycles. The van der Waals surface area contributed by atoms with E-state index in [2.05, 4.69) is 10.3 Å². The van der Waals surface area contributed by atoms with Crippen LogP contribution in [0.25, 0.3) is 6.08 Å². The summed E-state index contributed by atoms with van der Waals surface area (Å²) in [4.78, 5) is 3.94. The molecule has 1 aromatic rings. The highest BCUT2D eigenvalue weighted by molar-refractivity contribution is 5.48. The van der Waals surface area contributed by atoms with Crippen LogP contribution in [0, 0.1) is 11.3 Å². The molecule has 1 aromatic heterocycles. The first-order valence-electron chi connectivity index (χ1n) is 4.04. The maximum Gasteiger partial charge on any atom is 0.140 e. The fourth-order valence-electron chi connectivity index (χ4n) is 0.883. The van der Waals surface area contributed by atoms with Gasteiger partial charge in [-0.1, -0.05) is 18.2 Å². The molecule has 0 spiro atoms. The molecule has 66 valence electrons. The van der Waals surface area contributed by atoms with E-state index in [9.17, 15) is 0 Å². The predicted octanol–water partition coefficient (Wildman–Crippen LogP) is 1.19. The molecule has 0 bridgehead atoms. The van der Waals surface area contributed by atoms with Gasteiger partial charge < -0.3 is 5.32 Å². The quantitative estimate of drug-likeness (QED) is 0.746. The van der Waals surface area contributed by atoms with E-state index >= 15 is 0 Å². The Morgan fingerprint density at radius 1 is 1.62 bits per heavy atom. The van der Waals surface area contributed by atoms with Crippen LogP contribution in [0.4, 0.5) is 0 Å². The number of likely N-dealkylation sites (N-methyl/N-ethyl adjacent to an activating group) is 1. The highest BCUT2D eigenvalue weighted by atomic mass is 14.8. The summed E-state index contributed by atoms with van der Waals surface area (Å²) in [5, 5.41) is 11.5. The van der Waals surface area contributed by atoms with E-state index in [1.54, 1.807) is 12.3 Å². The van der Waals surface area contributed by atoms with Gasteiger partial charge in [0.15, 0.2) is 0 Å². The van der Waals surface area contributed by atoms with Crippen LogP contribution in [0.15, 0.2) is 24.4 Å². The molecule has 0 aliphatic heterocycles. The third-order valence-corrected chi connectivity index (χ3v) is 1.53. The molecule has 0 saturated heterocycles. The summed E-state index contributed by atoms with van der Waals surface area (Å²) in [7, 11) is 1.89. The Morgan fingerprint density at radius 2 is 2.46 bits per heavy atom. The summed E-state index contributed by atoms with van der Waals surface area (Å²) >= 11 is 0. The van der Waals surface area contributed by atoms with Crippen LogP contribution in [0.5, 0.6) is 0 Å². The Bertz CT molecular complexity index is 319. The predicted molar refractivity (Wildman–Crippen MR) is 51.9 cm³/mol. The second-order valence-corrected chi connectivity index (χ2v) is 2.55. The second-order valence-electron chi connectivity index (χ2n) is 2.55. The van der Waals surface area contributed by atoms with Crippen LogP contribution in [0.3, 0.4) is 0 Å². The fourth-order valence-corrected chi connectivity index (χ4v) is 0.883. The number of rotatable bonds is 3. The van der Waals surface area contributed by atoms with Gasteiger partial charge in [-0.05, 0) is 18.7 Å². The highest BCUT2D eigenvalue weighted by Crippen LogP contribution is 2.00. The minimum Gasteiger partial charge on any atom is -0.316 e. The smallest absolute Gasteiger partial charge is 0.140 e. The fraction of sp³-hybridized carbons (Fsp3) is 0.200. The average Bonchev–Trinajstić information content (AvgIpc) is 2.19. The third-order valence-electron chi connectivity index (χ3n) is 1.53. The first kappa shape index (κ1) is 9.43. The van der Waals surface area contributed by atoms with E-state index in [1.807, 2.05) is 31.3 Å². The van der Waals surface area contributed by atoms with Gasteiger partial charge in [0.1, 0.15) is 11.8 Å². The van der Waals surface area contributed by atoms with Gasteiger partial charge in [-0.15, -0.1) is 0 Å². The van der Waals surface area contributed by atoms with Gasteiger partial charge in [-0.2, -0.15) is 5.26 Å². The Kier molecular flexibility index (Phi) is 3.68. The van der Waals surface area contributed by atoms with Crippen molar-refractivity contribution >= 4 is 6.08 Å². The number of nitrogens with one attached hydrogen (secondary N) is 1. The van der Waals surface area contributed by atoms with Crippen molar-refractivity contribution in [3.63, 3.8) is 0 Å². The van der Waals surface area contributed by atoms with Crippen molar-refractivity contribution < 1.29 is 0 Å². The van der Waals surface area contributed by atoms with Crippen LogP contribution in [0.2, 0.25) is 0 Å². The molecule has 3 heteroatoms. The molecule has 13 heavy (non-hydrogen) atoms. The molecule has 1 heterocycles. The molecule has 1 rings (SSSR count). The molecule has 0 fully saturated rings. The van der Waals surface area contributed by atoms with Crippen LogP contribution < -0.4 is 5.32 Å². The number of hydrogen-bond donors (Lipinski definition) is 1. The zero-order valence-corrected chi connectivity index (χ0v) is 7.49. The average molecular weight is 173 g/mol. The zero-order chi connectivity index (χ0) is 9.52. The lowest BCUT2D eigenvalue weighted by atomic mass is 10.2. The molecular formula is C10H11N3. The third kappa shape index (κ3) is 3.06. The van der Waals surface area contributed by atoms with Crippen LogP contribution in [-0.2, 0) is 0 Å². The van der Waals surface area contributed by atoms with E-state index in [0.29, 0.717) is 5.69 Å². The maximum absolute atomic E-state index is 8.50. The summed E-state index contributed by atoms with van der Waals surface area (Å²) in [6.45, 7) is 0.833. The van der Waals surface area contributed by atoms with Crippen molar-refractivity contribution in [2.75, 3.05) is 13.6 Å². The minimum atomic E-state index is 0.450. The molecule has 0 amide bonds. The van der Waals surface area contributed by atoms with E-state index in [-0.39, 0.29) is 0 Å². The Balaban J connectivity index is 2.65. The number of aromatic nitrogens is 1. The van der Waals surface area contributed by atoms with Crippen molar-refractivity contribution in [3.8, 4) is 6.07 Å². The first-order valence-corrected chi connectivity index (χ1v) is 4.04.